The first-order valence-corrected chi connectivity index (χ1v) is 12.1. The van der Waals surface area contributed by atoms with E-state index < -0.39 is 15.7 Å². The highest BCUT2D eigenvalue weighted by atomic mass is 32.2. The van der Waals surface area contributed by atoms with Crippen LogP contribution in [0, 0.1) is 0 Å². The van der Waals surface area contributed by atoms with Crippen molar-refractivity contribution in [1.29, 1.82) is 0 Å². The van der Waals surface area contributed by atoms with Gasteiger partial charge in [-0.1, -0.05) is 42.5 Å². The Morgan fingerprint density at radius 3 is 2.60 bits per heavy atom. The summed E-state index contributed by atoms with van der Waals surface area (Å²) in [6, 6.07) is 15.7. The van der Waals surface area contributed by atoms with Crippen molar-refractivity contribution < 1.29 is 17.6 Å². The first-order chi connectivity index (χ1) is 14.4. The van der Waals surface area contributed by atoms with E-state index in [0.717, 1.165) is 28.5 Å². The van der Waals surface area contributed by atoms with Gasteiger partial charge < -0.3 is 4.42 Å². The summed E-state index contributed by atoms with van der Waals surface area (Å²) in [4.78, 5) is 19.8. The number of hydrogen-bond acceptors (Lipinski definition) is 6. The van der Waals surface area contributed by atoms with Crippen LogP contribution < -0.4 is 4.90 Å². The predicted octanol–water partition coefficient (Wildman–Crippen LogP) is 4.70. The van der Waals surface area contributed by atoms with Crippen molar-refractivity contribution in [3.63, 3.8) is 0 Å². The van der Waals surface area contributed by atoms with Crippen LogP contribution in [0.15, 0.2) is 70.2 Å². The molecule has 0 spiro atoms. The van der Waals surface area contributed by atoms with E-state index in [1.165, 1.54) is 34.6 Å². The average Bonchev–Trinajstić information content (AvgIpc) is 3.40. The summed E-state index contributed by atoms with van der Waals surface area (Å²) in [6.45, 7) is 2.20. The molecule has 2 aromatic heterocycles. The first-order valence-electron chi connectivity index (χ1n) is 9.40. The van der Waals surface area contributed by atoms with Crippen molar-refractivity contribution in [2.75, 3.05) is 11.2 Å². The van der Waals surface area contributed by atoms with Crippen LogP contribution >= 0.6 is 11.3 Å². The van der Waals surface area contributed by atoms with Gasteiger partial charge in [-0.25, -0.2) is 13.4 Å². The lowest BCUT2D eigenvalue weighted by molar-refractivity contribution is 0.0980. The molecule has 0 saturated heterocycles. The fourth-order valence-corrected chi connectivity index (χ4v) is 5.18. The summed E-state index contributed by atoms with van der Waals surface area (Å²) in [7, 11) is -3.58. The van der Waals surface area contributed by atoms with Crippen LogP contribution in [0.2, 0.25) is 0 Å². The Hall–Kier alpha value is -2.97. The lowest BCUT2D eigenvalue weighted by Gasteiger charge is -2.20. The number of anilines is 1. The number of carbonyl (C=O) groups excluding carboxylic acids is 1. The lowest BCUT2D eigenvalue weighted by atomic mass is 10.1. The van der Waals surface area contributed by atoms with Gasteiger partial charge in [-0.05, 0) is 42.3 Å². The molecular formula is C22H20N2O4S2. The fourth-order valence-electron chi connectivity index (χ4n) is 3.29. The number of hydrogen-bond donors (Lipinski definition) is 0. The number of furan rings is 1. The van der Waals surface area contributed by atoms with Crippen molar-refractivity contribution in [1.82, 2.24) is 4.98 Å². The molecule has 4 rings (SSSR count). The number of aryl methyl sites for hydroxylation is 1. The number of sulfone groups is 1. The molecule has 0 saturated carbocycles. The van der Waals surface area contributed by atoms with E-state index in [1.54, 1.807) is 24.3 Å². The minimum atomic E-state index is -3.58. The third-order valence-corrected chi connectivity index (χ3v) is 6.96. The van der Waals surface area contributed by atoms with Crippen LogP contribution in [0.25, 0.3) is 10.2 Å². The molecule has 2 aromatic carbocycles. The number of aromatic nitrogens is 1. The van der Waals surface area contributed by atoms with Crippen molar-refractivity contribution in [3.05, 3.63) is 77.7 Å². The van der Waals surface area contributed by atoms with Gasteiger partial charge in [0.2, 0.25) is 0 Å². The topological polar surface area (TPSA) is 80.5 Å². The molecule has 1 amide bonds. The molecule has 0 unspecified atom stereocenters. The van der Waals surface area contributed by atoms with Crippen LogP contribution in [-0.2, 0) is 22.8 Å². The molecule has 154 valence electrons. The summed E-state index contributed by atoms with van der Waals surface area (Å²) in [5.74, 6) is 0.139. The Balaban J connectivity index is 1.85. The normalized spacial score (nSPS) is 11.7. The number of nitrogens with zero attached hydrogens (tertiary/aromatic N) is 2. The standard InChI is InChI=1S/C22H20N2O4S2/c1-3-15-8-6-11-18-20(15)23-22(29-18)24(14-16-9-7-13-28-16)21(25)17-10-4-5-12-19(17)30(2,26)27/h4-13H,3,14H2,1-2H3. The number of carbonyl (C=O) groups is 1. The molecule has 4 aromatic rings. The maximum atomic E-state index is 13.6. The molecule has 30 heavy (non-hydrogen) atoms. The molecule has 6 nitrogen and oxygen atoms in total. The van der Waals surface area contributed by atoms with Crippen molar-refractivity contribution in [2.45, 2.75) is 24.8 Å². The van der Waals surface area contributed by atoms with Gasteiger partial charge in [0.1, 0.15) is 5.76 Å². The molecule has 0 aliphatic carbocycles. The Kier molecular flexibility index (Phi) is 5.44. The van der Waals surface area contributed by atoms with Gasteiger partial charge in [-0.2, -0.15) is 0 Å². The SMILES string of the molecule is CCc1cccc2sc(N(Cc3ccco3)C(=O)c3ccccc3S(C)(=O)=O)nc12. The predicted molar refractivity (Wildman–Crippen MR) is 118 cm³/mol. The highest BCUT2D eigenvalue weighted by Crippen LogP contribution is 2.33. The summed E-state index contributed by atoms with van der Waals surface area (Å²) >= 11 is 1.40. The highest BCUT2D eigenvalue weighted by Gasteiger charge is 2.27. The number of fused-ring (bicyclic) bond motifs is 1. The maximum absolute atomic E-state index is 13.6. The molecule has 0 radical (unpaired) electrons. The second-order valence-corrected chi connectivity index (χ2v) is 9.85. The van der Waals surface area contributed by atoms with Crippen LogP contribution in [0.5, 0.6) is 0 Å². The van der Waals surface area contributed by atoms with E-state index in [9.17, 15) is 13.2 Å². The summed E-state index contributed by atoms with van der Waals surface area (Å²) in [5.41, 5.74) is 2.06. The van der Waals surface area contributed by atoms with E-state index in [0.29, 0.717) is 10.9 Å². The third-order valence-electron chi connectivity index (χ3n) is 4.76. The second kappa shape index (κ2) is 8.04. The Bertz CT molecular complexity index is 1310. The maximum Gasteiger partial charge on any atom is 0.261 e. The van der Waals surface area contributed by atoms with Crippen LogP contribution in [-0.4, -0.2) is 25.6 Å². The Labute approximate surface area is 178 Å². The smallest absolute Gasteiger partial charge is 0.261 e. The molecule has 8 heteroatoms. The number of rotatable bonds is 6. The summed E-state index contributed by atoms with van der Waals surface area (Å²) in [6.07, 6.45) is 3.46. The van der Waals surface area contributed by atoms with E-state index in [4.69, 9.17) is 9.40 Å². The van der Waals surface area contributed by atoms with Gasteiger partial charge >= 0.3 is 0 Å². The van der Waals surface area contributed by atoms with E-state index in [2.05, 4.69) is 6.92 Å². The molecule has 2 heterocycles. The molecule has 0 aliphatic rings. The average molecular weight is 441 g/mol. The summed E-state index contributed by atoms with van der Waals surface area (Å²) < 4.78 is 30.9. The second-order valence-electron chi connectivity index (χ2n) is 6.85. The fraction of sp³-hybridized carbons (Fsp3) is 0.182. The largest absolute Gasteiger partial charge is 0.467 e. The zero-order valence-corrected chi connectivity index (χ0v) is 18.2. The quantitative estimate of drug-likeness (QED) is 0.434. The molecular weight excluding hydrogens is 420 g/mol. The van der Waals surface area contributed by atoms with E-state index in [1.807, 2.05) is 18.2 Å². The minimum Gasteiger partial charge on any atom is -0.467 e. The summed E-state index contributed by atoms with van der Waals surface area (Å²) in [5, 5.41) is 0.496. The van der Waals surface area contributed by atoms with E-state index in [-0.39, 0.29) is 17.0 Å². The highest BCUT2D eigenvalue weighted by molar-refractivity contribution is 7.90. The Morgan fingerprint density at radius 1 is 1.10 bits per heavy atom. The molecule has 0 atom stereocenters. The molecule has 0 fully saturated rings. The van der Waals surface area contributed by atoms with Crippen LogP contribution in [0.3, 0.4) is 0 Å². The van der Waals surface area contributed by atoms with Gasteiger partial charge in [0.25, 0.3) is 5.91 Å². The number of amides is 1. The zero-order valence-electron chi connectivity index (χ0n) is 16.5. The molecule has 0 aliphatic heterocycles. The molecule has 0 bridgehead atoms. The van der Waals surface area contributed by atoms with Gasteiger partial charge in [0.05, 0.1) is 33.5 Å². The minimum absolute atomic E-state index is 0.00481. The van der Waals surface area contributed by atoms with Gasteiger partial charge in [-0.3, -0.25) is 9.69 Å². The van der Waals surface area contributed by atoms with Crippen molar-refractivity contribution in [2.24, 2.45) is 0 Å². The number of para-hydroxylation sites is 1. The Morgan fingerprint density at radius 2 is 1.90 bits per heavy atom. The lowest BCUT2D eigenvalue weighted by Crippen LogP contribution is -2.31. The van der Waals surface area contributed by atoms with Crippen molar-refractivity contribution >= 4 is 42.4 Å². The molecule has 0 N–H and O–H groups in total. The van der Waals surface area contributed by atoms with Gasteiger partial charge in [0.15, 0.2) is 15.0 Å². The number of benzene rings is 2. The van der Waals surface area contributed by atoms with Gasteiger partial charge in [0, 0.05) is 6.26 Å². The zero-order chi connectivity index (χ0) is 21.3. The van der Waals surface area contributed by atoms with Gasteiger partial charge in [-0.15, -0.1) is 0 Å². The van der Waals surface area contributed by atoms with Crippen LogP contribution in [0.1, 0.15) is 28.6 Å². The first kappa shape index (κ1) is 20.3. The third kappa shape index (κ3) is 3.88. The number of thiazole rings is 1. The monoisotopic (exact) mass is 440 g/mol. The van der Waals surface area contributed by atoms with Crippen molar-refractivity contribution in [3.8, 4) is 0 Å². The van der Waals surface area contributed by atoms with Crippen LogP contribution in [0.4, 0.5) is 5.13 Å². The van der Waals surface area contributed by atoms with E-state index >= 15 is 0 Å².